The van der Waals surface area contributed by atoms with Gasteiger partial charge in [0.25, 0.3) is 0 Å². The monoisotopic (exact) mass is 262 g/mol. The Morgan fingerprint density at radius 1 is 1.21 bits per heavy atom. The summed E-state index contributed by atoms with van der Waals surface area (Å²) in [5, 5.41) is 9.63. The van der Waals surface area contributed by atoms with Crippen molar-refractivity contribution in [3.8, 4) is 5.75 Å². The molecule has 0 bridgehead atoms. The molecule has 2 rings (SSSR count). The summed E-state index contributed by atoms with van der Waals surface area (Å²) in [5.41, 5.74) is 0.639. The molecule has 1 saturated heterocycles. The number of aromatic hydroxyl groups is 1. The molecule has 1 aromatic rings. The Hall–Kier alpha value is -1.33. The summed E-state index contributed by atoms with van der Waals surface area (Å²) >= 11 is 0. The summed E-state index contributed by atoms with van der Waals surface area (Å²) in [6.07, 6.45) is 1.11. The van der Waals surface area contributed by atoms with Gasteiger partial charge in [0, 0.05) is 6.42 Å². The second-order valence-electron chi connectivity index (χ2n) is 5.84. The first-order chi connectivity index (χ1) is 8.77. The summed E-state index contributed by atoms with van der Waals surface area (Å²) in [4.78, 5) is 10.7. The number of hydrogen-bond acceptors (Lipinski definition) is 4. The van der Waals surface area contributed by atoms with Gasteiger partial charge in [0.2, 0.25) is 0 Å². The molecule has 1 aliphatic heterocycles. The number of phenolic OH excluding ortho intramolecular Hbond substituents is 1. The predicted octanol–water partition coefficient (Wildman–Crippen LogP) is 1.43. The predicted molar refractivity (Wildman–Crippen MR) is 73.6 cm³/mol. The average Bonchev–Trinajstić information content (AvgIpc) is 2.51. The van der Waals surface area contributed by atoms with E-state index in [1.54, 1.807) is 18.2 Å². The van der Waals surface area contributed by atoms with Crippen molar-refractivity contribution in [2.45, 2.75) is 45.3 Å². The highest BCUT2D eigenvalue weighted by molar-refractivity contribution is 6.62. The standard InChI is InChI=1S/C14H19BO4/c1-13(2)14(3,4)19-15(18-13)12-9-11(17)6-5-10(12)7-8-16/h5-6,8-9,17H,7H2,1-4H3. The summed E-state index contributed by atoms with van der Waals surface area (Å²) in [6, 6.07) is 4.89. The van der Waals surface area contributed by atoms with Gasteiger partial charge in [0.1, 0.15) is 12.0 Å². The molecule has 0 saturated carbocycles. The van der Waals surface area contributed by atoms with Gasteiger partial charge in [-0.25, -0.2) is 0 Å². The highest BCUT2D eigenvalue weighted by atomic mass is 16.7. The third-order valence-electron chi connectivity index (χ3n) is 3.94. The molecule has 1 N–H and O–H groups in total. The molecular weight excluding hydrogens is 243 g/mol. The van der Waals surface area contributed by atoms with Crippen LogP contribution < -0.4 is 5.46 Å². The molecule has 1 aliphatic rings. The fraction of sp³-hybridized carbons (Fsp3) is 0.500. The van der Waals surface area contributed by atoms with Gasteiger partial charge in [-0.3, -0.25) is 0 Å². The number of carbonyl (C=O) groups is 1. The summed E-state index contributed by atoms with van der Waals surface area (Å²) < 4.78 is 11.9. The first-order valence-electron chi connectivity index (χ1n) is 6.38. The van der Waals surface area contributed by atoms with E-state index >= 15 is 0 Å². The lowest BCUT2D eigenvalue weighted by Crippen LogP contribution is -2.41. The number of aldehydes is 1. The molecule has 0 atom stereocenters. The van der Waals surface area contributed by atoms with Crippen LogP contribution >= 0.6 is 0 Å². The molecule has 1 heterocycles. The molecule has 5 heteroatoms. The highest BCUT2D eigenvalue weighted by Crippen LogP contribution is 2.36. The van der Waals surface area contributed by atoms with Crippen LogP contribution in [-0.4, -0.2) is 29.7 Å². The van der Waals surface area contributed by atoms with Gasteiger partial charge in [0.05, 0.1) is 11.2 Å². The molecule has 19 heavy (non-hydrogen) atoms. The van der Waals surface area contributed by atoms with E-state index < -0.39 is 18.3 Å². The normalized spacial score (nSPS) is 20.5. The van der Waals surface area contributed by atoms with Crippen molar-refractivity contribution in [2.24, 2.45) is 0 Å². The lowest BCUT2D eigenvalue weighted by atomic mass is 9.75. The van der Waals surface area contributed by atoms with E-state index in [2.05, 4.69) is 0 Å². The molecule has 0 amide bonds. The maximum absolute atomic E-state index is 10.7. The van der Waals surface area contributed by atoms with Gasteiger partial charge < -0.3 is 19.2 Å². The Kier molecular flexibility index (Phi) is 3.45. The summed E-state index contributed by atoms with van der Waals surface area (Å²) in [7, 11) is -0.563. The third kappa shape index (κ3) is 2.53. The van der Waals surface area contributed by atoms with Crippen molar-refractivity contribution in [3.63, 3.8) is 0 Å². The van der Waals surface area contributed by atoms with Gasteiger partial charge >= 0.3 is 7.12 Å². The molecule has 0 aliphatic carbocycles. The quantitative estimate of drug-likeness (QED) is 0.661. The van der Waals surface area contributed by atoms with E-state index in [9.17, 15) is 9.90 Å². The lowest BCUT2D eigenvalue weighted by molar-refractivity contribution is -0.107. The number of benzene rings is 1. The Labute approximate surface area is 113 Å². The van der Waals surface area contributed by atoms with Crippen molar-refractivity contribution in [1.82, 2.24) is 0 Å². The van der Waals surface area contributed by atoms with Crippen molar-refractivity contribution >= 4 is 18.9 Å². The van der Waals surface area contributed by atoms with E-state index in [0.717, 1.165) is 11.8 Å². The van der Waals surface area contributed by atoms with Gasteiger partial charge in [-0.05, 0) is 50.9 Å². The number of rotatable bonds is 3. The van der Waals surface area contributed by atoms with Gasteiger partial charge in [0.15, 0.2) is 0 Å². The zero-order valence-electron chi connectivity index (χ0n) is 11.8. The maximum atomic E-state index is 10.7. The molecule has 1 fully saturated rings. The Balaban J connectivity index is 2.38. The van der Waals surface area contributed by atoms with Crippen LogP contribution in [-0.2, 0) is 20.5 Å². The Morgan fingerprint density at radius 2 is 1.79 bits per heavy atom. The summed E-state index contributed by atoms with van der Waals surface area (Å²) in [5.74, 6) is 0.138. The van der Waals surface area contributed by atoms with E-state index in [1.807, 2.05) is 27.7 Å². The van der Waals surface area contributed by atoms with Crippen molar-refractivity contribution < 1.29 is 19.2 Å². The molecule has 4 nitrogen and oxygen atoms in total. The molecule has 0 aromatic heterocycles. The van der Waals surface area contributed by atoms with Crippen LogP contribution in [0.5, 0.6) is 5.75 Å². The zero-order chi connectivity index (χ0) is 14.3. The second-order valence-corrected chi connectivity index (χ2v) is 5.84. The number of carbonyl (C=O) groups excluding carboxylic acids is 1. The SMILES string of the molecule is CC1(C)OB(c2cc(O)ccc2CC=O)OC1(C)C. The minimum absolute atomic E-state index is 0.138. The van der Waals surface area contributed by atoms with Crippen LogP contribution in [0.15, 0.2) is 18.2 Å². The zero-order valence-corrected chi connectivity index (χ0v) is 11.8. The van der Waals surface area contributed by atoms with Gasteiger partial charge in [-0.15, -0.1) is 0 Å². The molecule has 102 valence electrons. The molecule has 0 spiro atoms. The fourth-order valence-electron chi connectivity index (χ4n) is 2.05. The fourth-order valence-corrected chi connectivity index (χ4v) is 2.05. The van der Waals surface area contributed by atoms with Crippen molar-refractivity contribution in [1.29, 1.82) is 0 Å². The first kappa shape index (κ1) is 14.1. The van der Waals surface area contributed by atoms with Crippen LogP contribution in [0.2, 0.25) is 0 Å². The number of hydrogen-bond donors (Lipinski definition) is 1. The van der Waals surface area contributed by atoms with Crippen LogP contribution in [0.25, 0.3) is 0 Å². The summed E-state index contributed by atoms with van der Waals surface area (Å²) in [6.45, 7) is 7.87. The van der Waals surface area contributed by atoms with Crippen LogP contribution in [0, 0.1) is 0 Å². The van der Waals surface area contributed by atoms with Crippen molar-refractivity contribution in [2.75, 3.05) is 0 Å². The largest absolute Gasteiger partial charge is 0.508 e. The maximum Gasteiger partial charge on any atom is 0.495 e. The lowest BCUT2D eigenvalue weighted by Gasteiger charge is -2.32. The molecular formula is C14H19BO4. The van der Waals surface area contributed by atoms with Crippen molar-refractivity contribution in [3.05, 3.63) is 23.8 Å². The van der Waals surface area contributed by atoms with Gasteiger partial charge in [-0.1, -0.05) is 6.07 Å². The third-order valence-corrected chi connectivity index (χ3v) is 3.94. The average molecular weight is 262 g/mol. The molecule has 0 radical (unpaired) electrons. The highest BCUT2D eigenvalue weighted by Gasteiger charge is 2.52. The number of phenols is 1. The van der Waals surface area contributed by atoms with E-state index in [-0.39, 0.29) is 12.2 Å². The van der Waals surface area contributed by atoms with E-state index in [4.69, 9.17) is 9.31 Å². The van der Waals surface area contributed by atoms with Crippen LogP contribution in [0.1, 0.15) is 33.3 Å². The first-order valence-corrected chi connectivity index (χ1v) is 6.38. The molecule has 0 unspecified atom stereocenters. The minimum atomic E-state index is -0.563. The van der Waals surface area contributed by atoms with Gasteiger partial charge in [-0.2, -0.15) is 0 Å². The molecule has 1 aromatic carbocycles. The topological polar surface area (TPSA) is 55.8 Å². The minimum Gasteiger partial charge on any atom is -0.508 e. The van der Waals surface area contributed by atoms with Crippen LogP contribution in [0.4, 0.5) is 0 Å². The smallest absolute Gasteiger partial charge is 0.495 e. The van der Waals surface area contributed by atoms with E-state index in [0.29, 0.717) is 5.46 Å². The Morgan fingerprint density at radius 3 is 2.32 bits per heavy atom. The second kappa shape index (κ2) is 4.65. The Bertz CT molecular complexity index is 480. The van der Waals surface area contributed by atoms with E-state index in [1.165, 1.54) is 0 Å². The van der Waals surface area contributed by atoms with Crippen LogP contribution in [0.3, 0.4) is 0 Å².